The van der Waals surface area contributed by atoms with Crippen LogP contribution in [0.15, 0.2) is 12.7 Å². The molecule has 0 aromatic rings. The van der Waals surface area contributed by atoms with Crippen LogP contribution in [-0.4, -0.2) is 0 Å². The number of rotatable bonds is 4. The zero-order valence-electron chi connectivity index (χ0n) is 8.50. The van der Waals surface area contributed by atoms with Crippen molar-refractivity contribution >= 4 is 0 Å². The molecule has 0 N–H and O–H groups in total. The lowest BCUT2D eigenvalue weighted by molar-refractivity contribution is 0.304. The Labute approximate surface area is 85.8 Å². The quantitative estimate of drug-likeness (QED) is 0.636. The van der Waals surface area contributed by atoms with Crippen LogP contribution in [0.2, 0.25) is 0 Å². The molecule has 0 unspecified atom stereocenters. The van der Waals surface area contributed by atoms with Crippen LogP contribution in [-0.2, 0) is 0 Å². The zero-order valence-corrected chi connectivity index (χ0v) is 8.50. The zero-order chi connectivity index (χ0) is 10.4. The second-order valence-corrected chi connectivity index (χ2v) is 4.00. The van der Waals surface area contributed by atoms with Crippen LogP contribution >= 0.6 is 0 Å². The molecule has 0 radical (unpaired) electrons. The summed E-state index contributed by atoms with van der Waals surface area (Å²) < 4.78 is 0. The van der Waals surface area contributed by atoms with Crippen molar-refractivity contribution in [2.24, 2.45) is 11.3 Å². The lowest BCUT2D eigenvalue weighted by Gasteiger charge is -2.24. The maximum Gasteiger partial charge on any atom is 0.146 e. The largest absolute Gasteiger partial charge is 0.197 e. The third kappa shape index (κ3) is 1.96. The van der Waals surface area contributed by atoms with Gasteiger partial charge in [0, 0.05) is 0 Å². The Hall–Kier alpha value is -1.28. The molecule has 0 amide bonds. The van der Waals surface area contributed by atoms with Crippen molar-refractivity contribution in [3.63, 3.8) is 0 Å². The Balaban J connectivity index is 2.75. The van der Waals surface area contributed by atoms with Crippen LogP contribution in [0.4, 0.5) is 0 Å². The van der Waals surface area contributed by atoms with Crippen LogP contribution < -0.4 is 0 Å². The highest BCUT2D eigenvalue weighted by Gasteiger charge is 2.40. The molecule has 0 aromatic carbocycles. The van der Waals surface area contributed by atoms with E-state index in [0.717, 1.165) is 19.3 Å². The summed E-state index contributed by atoms with van der Waals surface area (Å²) in [5, 5.41) is 18.3. The highest BCUT2D eigenvalue weighted by molar-refractivity contribution is 5.17. The Bertz CT molecular complexity index is 260. The predicted molar refractivity (Wildman–Crippen MR) is 55.0 cm³/mol. The summed E-state index contributed by atoms with van der Waals surface area (Å²) in [5.41, 5.74) is -0.745. The fourth-order valence-corrected chi connectivity index (χ4v) is 2.27. The molecule has 1 aliphatic rings. The van der Waals surface area contributed by atoms with E-state index in [1.165, 1.54) is 12.8 Å². The van der Waals surface area contributed by atoms with Crippen LogP contribution in [0.1, 0.15) is 38.5 Å². The fraction of sp³-hybridized carbons (Fsp3) is 0.667. The molecule has 0 saturated heterocycles. The van der Waals surface area contributed by atoms with E-state index in [1.54, 1.807) is 6.08 Å². The molecule has 0 spiro atoms. The molecule has 1 fully saturated rings. The standard InChI is InChI=1S/C12H16N2/c1-2-3-8-12(9-13,10-14)11-6-4-5-7-11/h2,11H,1,3-8H2. The van der Waals surface area contributed by atoms with Crippen LogP contribution in [0.25, 0.3) is 0 Å². The number of nitriles is 2. The minimum absolute atomic E-state index is 0.289. The highest BCUT2D eigenvalue weighted by atomic mass is 14.5. The first-order valence-electron chi connectivity index (χ1n) is 5.22. The molecule has 2 nitrogen and oxygen atoms in total. The Morgan fingerprint density at radius 2 is 1.86 bits per heavy atom. The summed E-state index contributed by atoms with van der Waals surface area (Å²) in [4.78, 5) is 0. The Morgan fingerprint density at radius 3 is 2.29 bits per heavy atom. The third-order valence-corrected chi connectivity index (χ3v) is 3.19. The average Bonchev–Trinajstić information content (AvgIpc) is 2.74. The van der Waals surface area contributed by atoms with Gasteiger partial charge in [-0.15, -0.1) is 6.58 Å². The van der Waals surface area contributed by atoms with Gasteiger partial charge in [0.05, 0.1) is 12.1 Å². The molecule has 1 aliphatic carbocycles. The van der Waals surface area contributed by atoms with Gasteiger partial charge >= 0.3 is 0 Å². The number of allylic oxidation sites excluding steroid dienone is 1. The first-order valence-corrected chi connectivity index (χ1v) is 5.22. The topological polar surface area (TPSA) is 47.6 Å². The van der Waals surface area contributed by atoms with Crippen LogP contribution in [0, 0.1) is 34.0 Å². The minimum atomic E-state index is -0.745. The minimum Gasteiger partial charge on any atom is -0.197 e. The summed E-state index contributed by atoms with van der Waals surface area (Å²) in [7, 11) is 0. The molecule has 0 atom stereocenters. The molecule has 0 aliphatic heterocycles. The highest BCUT2D eigenvalue weighted by Crippen LogP contribution is 2.42. The Kier molecular flexibility index (Phi) is 3.72. The maximum atomic E-state index is 9.16. The van der Waals surface area contributed by atoms with Crippen molar-refractivity contribution in [1.29, 1.82) is 10.5 Å². The summed E-state index contributed by atoms with van der Waals surface area (Å²) >= 11 is 0. The predicted octanol–water partition coefficient (Wildman–Crippen LogP) is 3.18. The first-order chi connectivity index (χ1) is 6.79. The lowest BCUT2D eigenvalue weighted by Crippen LogP contribution is -2.25. The van der Waals surface area contributed by atoms with Crippen molar-refractivity contribution in [3.8, 4) is 12.1 Å². The number of hydrogen-bond donors (Lipinski definition) is 0. The normalized spacial score (nSPS) is 17.3. The van der Waals surface area contributed by atoms with E-state index in [-0.39, 0.29) is 5.92 Å². The summed E-state index contributed by atoms with van der Waals surface area (Å²) in [6.45, 7) is 3.64. The van der Waals surface area contributed by atoms with Gasteiger partial charge in [-0.1, -0.05) is 18.9 Å². The molecule has 0 heterocycles. The van der Waals surface area contributed by atoms with Gasteiger partial charge < -0.3 is 0 Å². The molecule has 1 rings (SSSR count). The molecule has 0 aromatic heterocycles. The summed E-state index contributed by atoms with van der Waals surface area (Å²) in [5.74, 6) is 0.289. The van der Waals surface area contributed by atoms with Crippen molar-refractivity contribution in [2.45, 2.75) is 38.5 Å². The second kappa shape index (κ2) is 4.82. The van der Waals surface area contributed by atoms with Gasteiger partial charge in [0.15, 0.2) is 0 Å². The van der Waals surface area contributed by atoms with Crippen molar-refractivity contribution in [2.75, 3.05) is 0 Å². The molecular formula is C12H16N2. The van der Waals surface area contributed by atoms with Crippen LogP contribution in [0.3, 0.4) is 0 Å². The van der Waals surface area contributed by atoms with E-state index in [2.05, 4.69) is 18.7 Å². The van der Waals surface area contributed by atoms with Gasteiger partial charge in [0.1, 0.15) is 5.41 Å². The number of hydrogen-bond acceptors (Lipinski definition) is 2. The van der Waals surface area contributed by atoms with E-state index in [9.17, 15) is 0 Å². The van der Waals surface area contributed by atoms with Gasteiger partial charge in [-0.25, -0.2) is 0 Å². The second-order valence-electron chi connectivity index (χ2n) is 4.00. The summed E-state index contributed by atoms with van der Waals surface area (Å²) in [6, 6.07) is 4.47. The molecule has 0 bridgehead atoms. The number of nitrogens with zero attached hydrogens (tertiary/aromatic N) is 2. The van der Waals surface area contributed by atoms with E-state index in [1.807, 2.05) is 0 Å². The monoisotopic (exact) mass is 188 g/mol. The van der Waals surface area contributed by atoms with Crippen LogP contribution in [0.5, 0.6) is 0 Å². The average molecular weight is 188 g/mol. The smallest absolute Gasteiger partial charge is 0.146 e. The molecular weight excluding hydrogens is 172 g/mol. The molecule has 2 heteroatoms. The van der Waals surface area contributed by atoms with Gasteiger partial charge in [-0.2, -0.15) is 10.5 Å². The lowest BCUT2D eigenvalue weighted by atomic mass is 9.73. The van der Waals surface area contributed by atoms with E-state index < -0.39 is 5.41 Å². The molecule has 14 heavy (non-hydrogen) atoms. The molecule has 1 saturated carbocycles. The van der Waals surface area contributed by atoms with E-state index >= 15 is 0 Å². The van der Waals surface area contributed by atoms with E-state index in [0.29, 0.717) is 6.42 Å². The van der Waals surface area contributed by atoms with Gasteiger partial charge in [0.2, 0.25) is 0 Å². The van der Waals surface area contributed by atoms with Crippen molar-refractivity contribution < 1.29 is 0 Å². The van der Waals surface area contributed by atoms with Gasteiger partial charge in [0.25, 0.3) is 0 Å². The SMILES string of the molecule is C=CCCC(C#N)(C#N)C1CCCC1. The van der Waals surface area contributed by atoms with E-state index in [4.69, 9.17) is 10.5 Å². The van der Waals surface area contributed by atoms with Gasteiger partial charge in [-0.3, -0.25) is 0 Å². The van der Waals surface area contributed by atoms with Gasteiger partial charge in [-0.05, 0) is 31.6 Å². The fourth-order valence-electron chi connectivity index (χ4n) is 2.27. The molecule has 74 valence electrons. The van der Waals surface area contributed by atoms with Crippen molar-refractivity contribution in [1.82, 2.24) is 0 Å². The first kappa shape index (κ1) is 10.8. The summed E-state index contributed by atoms with van der Waals surface area (Å²) in [6.07, 6.45) is 7.62. The maximum absolute atomic E-state index is 9.16. The van der Waals surface area contributed by atoms with Crippen molar-refractivity contribution in [3.05, 3.63) is 12.7 Å². The Morgan fingerprint density at radius 1 is 1.29 bits per heavy atom. The third-order valence-electron chi connectivity index (χ3n) is 3.19.